The molecule has 0 saturated carbocycles. The van der Waals surface area contributed by atoms with Crippen LogP contribution in [-0.2, 0) is 28.6 Å². The molecule has 0 rings (SSSR count). The lowest BCUT2D eigenvalue weighted by Gasteiger charge is -2.22. The lowest BCUT2D eigenvalue weighted by Crippen LogP contribution is -2.35. The molecule has 0 N–H and O–H groups in total. The van der Waals surface area contributed by atoms with Crippen LogP contribution < -0.4 is 0 Å². The molecular weight excluding hydrogens is 578 g/mol. The average Bonchev–Trinajstić information content (AvgIpc) is 3.04. The molecule has 7 nitrogen and oxygen atoms in total. The zero-order chi connectivity index (χ0) is 33.8. The number of hydrogen-bond donors (Lipinski definition) is 0. The van der Waals surface area contributed by atoms with E-state index in [0.29, 0.717) is 38.9 Å². The second kappa shape index (κ2) is 36.2. The van der Waals surface area contributed by atoms with Crippen molar-refractivity contribution in [1.29, 1.82) is 0 Å². The molecule has 0 spiro atoms. The summed E-state index contributed by atoms with van der Waals surface area (Å²) in [6.45, 7) is 9.11. The molecular formula is C39H75NO6. The van der Waals surface area contributed by atoms with Gasteiger partial charge in [0.25, 0.3) is 0 Å². The van der Waals surface area contributed by atoms with Crippen molar-refractivity contribution in [3.63, 3.8) is 0 Å². The summed E-state index contributed by atoms with van der Waals surface area (Å²) in [6.07, 6.45) is 30.0. The standard InChI is InChI=1S/C39H75NO6/c1-4-7-10-13-16-19-22-25-28-37(41)44-34-31-40(32-35-45-38(42)29-26-23-20-17-14-11-8-5-2)33-36-46-39(43)30-27-24-21-18-15-12-9-6-3/h4-36H2,1-3H3. The maximum Gasteiger partial charge on any atom is 0.305 e. The minimum absolute atomic E-state index is 0.153. The molecule has 46 heavy (non-hydrogen) atoms. The summed E-state index contributed by atoms with van der Waals surface area (Å²) in [6, 6.07) is 0. The molecule has 0 atom stereocenters. The third kappa shape index (κ3) is 33.7. The molecule has 0 fully saturated rings. The van der Waals surface area contributed by atoms with E-state index in [1.54, 1.807) is 0 Å². The van der Waals surface area contributed by atoms with Crippen LogP contribution in [0.25, 0.3) is 0 Å². The fraction of sp³-hybridized carbons (Fsp3) is 0.923. The van der Waals surface area contributed by atoms with Crippen molar-refractivity contribution in [2.75, 3.05) is 39.5 Å². The van der Waals surface area contributed by atoms with Gasteiger partial charge in [0.15, 0.2) is 0 Å². The zero-order valence-electron chi connectivity index (χ0n) is 30.7. The molecule has 0 unspecified atom stereocenters. The molecule has 0 saturated heterocycles. The van der Waals surface area contributed by atoms with Gasteiger partial charge in [-0.1, -0.05) is 156 Å². The lowest BCUT2D eigenvalue weighted by atomic mass is 10.1. The zero-order valence-corrected chi connectivity index (χ0v) is 30.7. The van der Waals surface area contributed by atoms with E-state index < -0.39 is 0 Å². The smallest absolute Gasteiger partial charge is 0.305 e. The van der Waals surface area contributed by atoms with Crippen LogP contribution in [0.15, 0.2) is 0 Å². The second-order valence-electron chi connectivity index (χ2n) is 13.2. The third-order valence-electron chi connectivity index (χ3n) is 8.72. The highest BCUT2D eigenvalue weighted by atomic mass is 16.5. The van der Waals surface area contributed by atoms with Crippen LogP contribution in [0.3, 0.4) is 0 Å². The molecule has 0 radical (unpaired) electrons. The maximum atomic E-state index is 12.3. The molecule has 0 aromatic rings. The molecule has 0 aliphatic heterocycles. The topological polar surface area (TPSA) is 82.1 Å². The van der Waals surface area contributed by atoms with Gasteiger partial charge in [0.1, 0.15) is 19.8 Å². The van der Waals surface area contributed by atoms with E-state index in [9.17, 15) is 14.4 Å². The van der Waals surface area contributed by atoms with E-state index >= 15 is 0 Å². The van der Waals surface area contributed by atoms with Crippen molar-refractivity contribution in [3.8, 4) is 0 Å². The molecule has 272 valence electrons. The summed E-state index contributed by atoms with van der Waals surface area (Å²) in [5.41, 5.74) is 0. The van der Waals surface area contributed by atoms with Gasteiger partial charge in [-0.3, -0.25) is 19.3 Å². The number of hydrogen-bond acceptors (Lipinski definition) is 7. The van der Waals surface area contributed by atoms with Gasteiger partial charge in [0, 0.05) is 38.9 Å². The quantitative estimate of drug-likeness (QED) is 0.0378. The van der Waals surface area contributed by atoms with Gasteiger partial charge in [-0.25, -0.2) is 0 Å². The SMILES string of the molecule is CCCCCCCCCCC(=O)OCCN(CCOC(=O)CCCCCCCCCC)CCOC(=O)CCCCCCCCCC. The number of nitrogens with zero attached hydrogens (tertiary/aromatic N) is 1. The minimum atomic E-state index is -0.153. The van der Waals surface area contributed by atoms with Crippen LogP contribution in [0.4, 0.5) is 0 Å². The molecule has 0 amide bonds. The summed E-state index contributed by atoms with van der Waals surface area (Å²) in [7, 11) is 0. The average molecular weight is 654 g/mol. The Balaban J connectivity index is 4.29. The van der Waals surface area contributed by atoms with Crippen LogP contribution >= 0.6 is 0 Å². The number of ether oxygens (including phenoxy) is 3. The Kier molecular flexibility index (Phi) is 34.9. The first-order valence-electron chi connectivity index (χ1n) is 19.7. The van der Waals surface area contributed by atoms with Crippen LogP contribution in [0.2, 0.25) is 0 Å². The van der Waals surface area contributed by atoms with Gasteiger partial charge in [-0.15, -0.1) is 0 Å². The summed E-state index contributed by atoms with van der Waals surface area (Å²) < 4.78 is 16.5. The van der Waals surface area contributed by atoms with E-state index in [4.69, 9.17) is 14.2 Å². The van der Waals surface area contributed by atoms with E-state index in [1.807, 2.05) is 0 Å². The molecule has 0 aromatic carbocycles. The number of unbranched alkanes of at least 4 members (excludes halogenated alkanes) is 21. The van der Waals surface area contributed by atoms with Crippen LogP contribution in [0.5, 0.6) is 0 Å². The fourth-order valence-electron chi connectivity index (χ4n) is 5.63. The van der Waals surface area contributed by atoms with Crippen molar-refractivity contribution in [2.24, 2.45) is 0 Å². The summed E-state index contributed by atoms with van der Waals surface area (Å²) in [4.78, 5) is 38.8. The van der Waals surface area contributed by atoms with Crippen molar-refractivity contribution < 1.29 is 28.6 Å². The summed E-state index contributed by atoms with van der Waals surface area (Å²) >= 11 is 0. The Morgan fingerprint density at radius 1 is 0.348 bits per heavy atom. The number of carbonyl (C=O) groups is 3. The van der Waals surface area contributed by atoms with Gasteiger partial charge in [0.05, 0.1) is 0 Å². The predicted octanol–water partition coefficient (Wildman–Crippen LogP) is 10.5. The maximum absolute atomic E-state index is 12.3. The Labute approximate surface area is 284 Å². The van der Waals surface area contributed by atoms with Gasteiger partial charge in [-0.05, 0) is 19.3 Å². The molecule has 0 aliphatic rings. The first-order chi connectivity index (χ1) is 22.5. The molecule has 0 aliphatic carbocycles. The number of rotatable bonds is 36. The Hall–Kier alpha value is -1.63. The van der Waals surface area contributed by atoms with Gasteiger partial charge >= 0.3 is 17.9 Å². The predicted molar refractivity (Wildman–Crippen MR) is 191 cm³/mol. The van der Waals surface area contributed by atoms with Crippen molar-refractivity contribution in [2.45, 2.75) is 194 Å². The summed E-state index contributed by atoms with van der Waals surface area (Å²) in [5.74, 6) is -0.460. The highest BCUT2D eigenvalue weighted by molar-refractivity contribution is 5.69. The first-order valence-corrected chi connectivity index (χ1v) is 19.7. The van der Waals surface area contributed by atoms with E-state index in [1.165, 1.54) is 116 Å². The minimum Gasteiger partial charge on any atom is -0.464 e. The largest absolute Gasteiger partial charge is 0.464 e. The van der Waals surface area contributed by atoms with Crippen LogP contribution in [-0.4, -0.2) is 62.3 Å². The Morgan fingerprint density at radius 3 is 0.804 bits per heavy atom. The van der Waals surface area contributed by atoms with E-state index in [2.05, 4.69) is 25.7 Å². The van der Waals surface area contributed by atoms with Crippen molar-refractivity contribution >= 4 is 17.9 Å². The highest BCUT2D eigenvalue weighted by Gasteiger charge is 2.11. The van der Waals surface area contributed by atoms with Gasteiger partial charge in [0.2, 0.25) is 0 Å². The Morgan fingerprint density at radius 2 is 0.565 bits per heavy atom. The van der Waals surface area contributed by atoms with Crippen molar-refractivity contribution in [1.82, 2.24) is 4.90 Å². The third-order valence-corrected chi connectivity index (χ3v) is 8.72. The first kappa shape index (κ1) is 44.4. The molecule has 7 heteroatoms. The number of esters is 3. The fourth-order valence-corrected chi connectivity index (χ4v) is 5.63. The number of carbonyl (C=O) groups excluding carboxylic acids is 3. The van der Waals surface area contributed by atoms with Crippen molar-refractivity contribution in [3.05, 3.63) is 0 Å². The lowest BCUT2D eigenvalue weighted by molar-refractivity contribution is -0.144. The highest BCUT2D eigenvalue weighted by Crippen LogP contribution is 2.12. The second-order valence-corrected chi connectivity index (χ2v) is 13.2. The summed E-state index contributed by atoms with van der Waals surface area (Å²) in [5, 5.41) is 0. The Bertz CT molecular complexity index is 595. The van der Waals surface area contributed by atoms with E-state index in [-0.39, 0.29) is 37.7 Å². The molecule has 0 aromatic heterocycles. The van der Waals surface area contributed by atoms with Gasteiger partial charge < -0.3 is 14.2 Å². The van der Waals surface area contributed by atoms with E-state index in [0.717, 1.165) is 38.5 Å². The normalized spacial score (nSPS) is 11.2. The van der Waals surface area contributed by atoms with Crippen LogP contribution in [0, 0.1) is 0 Å². The molecule has 0 heterocycles. The van der Waals surface area contributed by atoms with Gasteiger partial charge in [-0.2, -0.15) is 0 Å². The molecule has 0 bridgehead atoms. The monoisotopic (exact) mass is 654 g/mol. The van der Waals surface area contributed by atoms with Crippen LogP contribution in [0.1, 0.15) is 194 Å².